The number of nitrogens with two attached hydrogens (primary N) is 2. The Bertz CT molecular complexity index is 252. The number of nitrogens with one attached hydrogen (secondary N) is 1. The Morgan fingerprint density at radius 1 is 0.852 bits per heavy atom. The summed E-state index contributed by atoms with van der Waals surface area (Å²) in [6.07, 6.45) is 5.49. The number of carbonyl (C=O) groups is 2. The number of rotatable bonds is 6. The summed E-state index contributed by atoms with van der Waals surface area (Å²) in [5.41, 5.74) is 6.82. The topological polar surface area (TPSA) is 139 Å². The molecule has 0 heterocycles. The highest BCUT2D eigenvalue weighted by atomic mass is 16.3. The molecule has 0 fully saturated rings. The van der Waals surface area contributed by atoms with Crippen LogP contribution in [-0.2, 0) is 9.59 Å². The molecule has 1 amide bonds. The van der Waals surface area contributed by atoms with Crippen LogP contribution in [0.3, 0.4) is 0 Å². The minimum absolute atomic E-state index is 0. The fourth-order valence-electron chi connectivity index (χ4n) is 0.391. The average Bonchev–Trinajstić information content (AvgIpc) is 2.67. The van der Waals surface area contributed by atoms with Gasteiger partial charge in [-0.1, -0.05) is 68.7 Å². The van der Waals surface area contributed by atoms with E-state index in [1.54, 1.807) is 13.8 Å². The molecule has 7 heteroatoms. The van der Waals surface area contributed by atoms with Gasteiger partial charge in [0.2, 0.25) is 5.91 Å². The number of ketones is 1. The van der Waals surface area contributed by atoms with Crippen molar-refractivity contribution < 1.29 is 19.8 Å². The first kappa shape index (κ1) is 40.6. The van der Waals surface area contributed by atoms with E-state index in [4.69, 9.17) is 15.9 Å². The van der Waals surface area contributed by atoms with Crippen molar-refractivity contribution in [3.8, 4) is 0 Å². The molecule has 0 rings (SSSR count). The van der Waals surface area contributed by atoms with E-state index in [-0.39, 0.29) is 25.2 Å². The minimum Gasteiger partial charge on any atom is -0.393 e. The summed E-state index contributed by atoms with van der Waals surface area (Å²) in [5.74, 6) is 4.81. The highest BCUT2D eigenvalue weighted by Gasteiger charge is 1.90. The number of hydrazine groups is 1. The SMILES string of the molecule is C.CCC(=O)NN.CCC(C)=O.CCC(N)O.CCC(O)CC.CCCC. The van der Waals surface area contributed by atoms with Gasteiger partial charge in [-0.25, -0.2) is 5.84 Å². The van der Waals surface area contributed by atoms with Gasteiger partial charge in [0.1, 0.15) is 12.0 Å². The fraction of sp³-hybridized carbons (Fsp3) is 0.900. The smallest absolute Gasteiger partial charge is 0.233 e. The zero-order chi connectivity index (χ0) is 22.0. The van der Waals surface area contributed by atoms with Gasteiger partial charge in [-0.3, -0.25) is 10.2 Å². The van der Waals surface area contributed by atoms with Gasteiger partial charge in [0, 0.05) is 12.8 Å². The van der Waals surface area contributed by atoms with Gasteiger partial charge in [-0.2, -0.15) is 0 Å². The molecule has 0 aliphatic carbocycles. The molecule has 0 radical (unpaired) electrons. The molecule has 27 heavy (non-hydrogen) atoms. The Kier molecular flexibility index (Phi) is 60.0. The summed E-state index contributed by atoms with van der Waals surface area (Å²) >= 11 is 0. The number of hydrogen-bond acceptors (Lipinski definition) is 6. The van der Waals surface area contributed by atoms with Crippen LogP contribution in [-0.4, -0.2) is 34.2 Å². The highest BCUT2D eigenvalue weighted by Crippen LogP contribution is 1.92. The van der Waals surface area contributed by atoms with Gasteiger partial charge in [-0.15, -0.1) is 0 Å². The van der Waals surface area contributed by atoms with E-state index in [0.29, 0.717) is 19.3 Å². The monoisotopic (exact) mass is 397 g/mol. The molecule has 7 nitrogen and oxygen atoms in total. The Morgan fingerprint density at radius 3 is 1.15 bits per heavy atom. The molecule has 1 unspecified atom stereocenters. The first-order valence-electron chi connectivity index (χ1n) is 9.68. The zero-order valence-electron chi connectivity index (χ0n) is 18.5. The van der Waals surface area contributed by atoms with Crippen LogP contribution >= 0.6 is 0 Å². The molecule has 0 bridgehead atoms. The van der Waals surface area contributed by atoms with Crippen LogP contribution in [0.2, 0.25) is 0 Å². The van der Waals surface area contributed by atoms with Crippen LogP contribution in [0.5, 0.6) is 0 Å². The lowest BCUT2D eigenvalue weighted by Gasteiger charge is -1.98. The van der Waals surface area contributed by atoms with Crippen molar-refractivity contribution in [3.63, 3.8) is 0 Å². The van der Waals surface area contributed by atoms with Crippen LogP contribution in [0.4, 0.5) is 0 Å². The number of aliphatic hydroxyl groups is 2. The number of unbranched alkanes of at least 4 members (excludes halogenated alkanes) is 1. The van der Waals surface area contributed by atoms with Gasteiger partial charge in [0.05, 0.1) is 6.10 Å². The number of aliphatic hydroxyl groups excluding tert-OH is 2. The van der Waals surface area contributed by atoms with E-state index < -0.39 is 6.23 Å². The molecule has 0 aliphatic heterocycles. The molecule has 0 aromatic heterocycles. The Morgan fingerprint density at radius 2 is 1.15 bits per heavy atom. The molecule has 0 aromatic carbocycles. The number of hydrogen-bond donors (Lipinski definition) is 5. The number of carbonyl (C=O) groups excluding carboxylic acids is 2. The third-order valence-corrected chi connectivity index (χ3v) is 2.84. The molecule has 0 saturated carbocycles. The predicted octanol–water partition coefficient (Wildman–Crippen LogP) is 3.66. The van der Waals surface area contributed by atoms with Crippen molar-refractivity contribution in [2.24, 2.45) is 11.6 Å². The van der Waals surface area contributed by atoms with Crippen molar-refractivity contribution in [2.45, 2.75) is 120 Å². The van der Waals surface area contributed by atoms with Crippen LogP contribution < -0.4 is 17.0 Å². The van der Waals surface area contributed by atoms with Crippen molar-refractivity contribution in [3.05, 3.63) is 0 Å². The van der Waals surface area contributed by atoms with E-state index in [1.165, 1.54) is 12.8 Å². The van der Waals surface area contributed by atoms with Gasteiger partial charge < -0.3 is 20.7 Å². The maximum absolute atomic E-state index is 9.94. The fourth-order valence-corrected chi connectivity index (χ4v) is 0.391. The second-order valence-electron chi connectivity index (χ2n) is 5.42. The first-order chi connectivity index (χ1) is 12.1. The van der Waals surface area contributed by atoms with Crippen molar-refractivity contribution >= 4 is 11.7 Å². The lowest BCUT2D eigenvalue weighted by molar-refractivity contribution is -0.120. The van der Waals surface area contributed by atoms with Crippen molar-refractivity contribution in [1.29, 1.82) is 0 Å². The van der Waals surface area contributed by atoms with Gasteiger partial charge in [0.25, 0.3) is 0 Å². The second kappa shape index (κ2) is 39.9. The van der Waals surface area contributed by atoms with E-state index in [0.717, 1.165) is 12.8 Å². The standard InChI is InChI=1S/C5H12O.C4H8O.C4H10.C3H8N2O.C3H9NO.CH4/c1-3-5(6)4-2;1-3-4(2)5;1-3-4-2;1-2-3(6)5-4;1-2-3(4)5;/h5-6H,3-4H2,1-2H3;3H2,1-2H3;3-4H2,1-2H3;2,4H2,1H3,(H,5,6);3,5H,2,4H2,1H3;1H4. The molecule has 170 valence electrons. The van der Waals surface area contributed by atoms with E-state index in [1.807, 2.05) is 33.1 Å². The van der Waals surface area contributed by atoms with E-state index in [2.05, 4.69) is 19.7 Å². The predicted molar refractivity (Wildman–Crippen MR) is 118 cm³/mol. The Balaban J connectivity index is -0.0000000509. The number of Topliss-reactive ketones (excluding diaryl/α,β-unsaturated/α-hetero) is 1. The molecule has 0 aliphatic rings. The van der Waals surface area contributed by atoms with Crippen LogP contribution in [0.1, 0.15) is 108 Å². The molecule has 0 spiro atoms. The van der Waals surface area contributed by atoms with Gasteiger partial charge >= 0.3 is 0 Å². The lowest BCUT2D eigenvalue weighted by Crippen LogP contribution is -2.28. The molecular formula is C20H51N3O4. The molecular weight excluding hydrogens is 346 g/mol. The normalized spacial score (nSPS) is 9.22. The second-order valence-corrected chi connectivity index (χ2v) is 5.42. The average molecular weight is 398 g/mol. The third-order valence-electron chi connectivity index (χ3n) is 2.84. The number of amides is 1. The van der Waals surface area contributed by atoms with E-state index >= 15 is 0 Å². The van der Waals surface area contributed by atoms with Crippen LogP contribution in [0.15, 0.2) is 0 Å². The zero-order valence-corrected chi connectivity index (χ0v) is 18.5. The van der Waals surface area contributed by atoms with Crippen molar-refractivity contribution in [1.82, 2.24) is 5.43 Å². The molecule has 7 N–H and O–H groups in total. The molecule has 1 atom stereocenters. The van der Waals surface area contributed by atoms with E-state index in [9.17, 15) is 9.59 Å². The Labute approximate surface area is 169 Å². The first-order valence-corrected chi connectivity index (χ1v) is 9.68. The molecule has 0 aromatic rings. The summed E-state index contributed by atoms with van der Waals surface area (Å²) in [5, 5.41) is 16.8. The summed E-state index contributed by atoms with van der Waals surface area (Å²) in [6.45, 7) is 15.3. The minimum atomic E-state index is -0.616. The maximum Gasteiger partial charge on any atom is 0.233 e. The van der Waals surface area contributed by atoms with Gasteiger partial charge in [0.15, 0.2) is 0 Å². The molecule has 0 saturated heterocycles. The Hall–Kier alpha value is -1.02. The summed E-state index contributed by atoms with van der Waals surface area (Å²) in [4.78, 5) is 19.8. The summed E-state index contributed by atoms with van der Waals surface area (Å²) in [7, 11) is 0. The highest BCUT2D eigenvalue weighted by molar-refractivity contribution is 5.75. The van der Waals surface area contributed by atoms with Gasteiger partial charge in [-0.05, 0) is 26.2 Å². The van der Waals surface area contributed by atoms with Crippen LogP contribution in [0, 0.1) is 0 Å². The van der Waals surface area contributed by atoms with Crippen molar-refractivity contribution in [2.75, 3.05) is 0 Å². The van der Waals surface area contributed by atoms with Crippen LogP contribution in [0.25, 0.3) is 0 Å². The quantitative estimate of drug-likeness (QED) is 0.201. The lowest BCUT2D eigenvalue weighted by atomic mass is 10.2. The summed E-state index contributed by atoms with van der Waals surface area (Å²) < 4.78 is 0. The third kappa shape index (κ3) is 91.9. The maximum atomic E-state index is 9.94. The largest absolute Gasteiger partial charge is 0.393 e. The summed E-state index contributed by atoms with van der Waals surface area (Å²) in [6, 6.07) is 0.